The van der Waals surface area contributed by atoms with E-state index < -0.39 is 11.6 Å². The number of nitrogens with zero attached hydrogens (tertiary/aromatic N) is 4. The smallest absolute Gasteiger partial charge is 0.325 e. The molecule has 1 aliphatic carbocycles. The molecular weight excluding hydrogens is 468 g/mol. The molecule has 1 saturated heterocycles. The maximum Gasteiger partial charge on any atom is 0.334 e. The lowest BCUT2D eigenvalue weighted by Crippen LogP contribution is -2.48. The minimum atomic E-state index is -0.923. The van der Waals surface area contributed by atoms with Crippen molar-refractivity contribution in [3.8, 4) is 5.69 Å². The normalized spacial score (nSPS) is 18.9. The number of rotatable bonds is 4. The van der Waals surface area contributed by atoms with Gasteiger partial charge in [-0.25, -0.2) is 9.59 Å². The quantitative estimate of drug-likeness (QED) is 0.426. The van der Waals surface area contributed by atoms with Gasteiger partial charge in [0.2, 0.25) is 5.91 Å². The Morgan fingerprint density at radius 1 is 1.11 bits per heavy atom. The number of nitrogens with one attached hydrogen (secondary N) is 2. The molecule has 1 spiro atoms. The second-order valence-electron chi connectivity index (χ2n) is 8.81. The number of anilines is 1. The van der Waals surface area contributed by atoms with Crippen molar-refractivity contribution in [2.24, 2.45) is 0 Å². The number of aromatic nitrogens is 3. The first-order chi connectivity index (χ1) is 16.9. The molecule has 3 heterocycles. The predicted octanol–water partition coefficient (Wildman–Crippen LogP) is 1.91. The molecule has 1 aliphatic heterocycles. The standard InChI is InChI=1S/C24H20N6O4S/c1-28-22(33)27-21(32)24(28)9-14-6-7-16(8-15(14)10-24)26-20(31)12-29-18-4-2-3-5-19(18)30(23(29)34)17-11-25-35-13-17/h2-8,11,13H,9-10,12H2,1H3,(H,26,31)(H,27,32,33)/t24-/m1/s1. The first-order valence-electron chi connectivity index (χ1n) is 11.0. The summed E-state index contributed by atoms with van der Waals surface area (Å²) in [6.07, 6.45) is 2.43. The number of carbonyl (C=O) groups excluding carboxylic acids is 3. The summed E-state index contributed by atoms with van der Waals surface area (Å²) in [6.45, 7) is -0.162. The van der Waals surface area contributed by atoms with Crippen LogP contribution in [0.3, 0.4) is 0 Å². The number of benzene rings is 2. The molecule has 2 aliphatic rings. The zero-order valence-corrected chi connectivity index (χ0v) is 19.5. The van der Waals surface area contributed by atoms with Gasteiger partial charge < -0.3 is 10.2 Å². The molecule has 0 unspecified atom stereocenters. The molecule has 6 rings (SSSR count). The minimum Gasteiger partial charge on any atom is -0.325 e. The third-order valence-electron chi connectivity index (χ3n) is 6.86. The van der Waals surface area contributed by atoms with E-state index in [0.717, 1.165) is 11.1 Å². The number of hydrogen-bond donors (Lipinski definition) is 2. The highest BCUT2D eigenvalue weighted by molar-refractivity contribution is 7.03. The Labute approximate surface area is 202 Å². The minimum absolute atomic E-state index is 0.162. The maximum atomic E-state index is 13.2. The number of imidazole rings is 1. The Kier molecular flexibility index (Phi) is 4.65. The van der Waals surface area contributed by atoms with E-state index in [0.29, 0.717) is 35.2 Å². The third-order valence-corrected chi connectivity index (χ3v) is 7.43. The van der Waals surface area contributed by atoms with Crippen molar-refractivity contribution in [2.75, 3.05) is 12.4 Å². The van der Waals surface area contributed by atoms with Crippen molar-refractivity contribution in [1.82, 2.24) is 23.7 Å². The largest absolute Gasteiger partial charge is 0.334 e. The number of amides is 4. The Bertz CT molecular complexity index is 1590. The van der Waals surface area contributed by atoms with Gasteiger partial charge in [0.05, 0.1) is 22.9 Å². The van der Waals surface area contributed by atoms with Crippen LogP contribution >= 0.6 is 11.5 Å². The van der Waals surface area contributed by atoms with Gasteiger partial charge in [-0.15, -0.1) is 0 Å². The molecule has 0 radical (unpaired) electrons. The highest BCUT2D eigenvalue weighted by Crippen LogP contribution is 2.38. The Morgan fingerprint density at radius 2 is 1.89 bits per heavy atom. The van der Waals surface area contributed by atoms with Crippen LogP contribution in [0, 0.1) is 0 Å². The Balaban J connectivity index is 1.26. The van der Waals surface area contributed by atoms with E-state index >= 15 is 0 Å². The number of imide groups is 1. The fourth-order valence-corrected chi connectivity index (χ4v) is 5.54. The van der Waals surface area contributed by atoms with Gasteiger partial charge in [0.1, 0.15) is 12.1 Å². The van der Waals surface area contributed by atoms with Crippen LogP contribution in [0.25, 0.3) is 16.7 Å². The molecule has 176 valence electrons. The van der Waals surface area contributed by atoms with Crippen molar-refractivity contribution in [2.45, 2.75) is 24.9 Å². The van der Waals surface area contributed by atoms with E-state index in [-0.39, 0.29) is 24.0 Å². The number of urea groups is 1. The van der Waals surface area contributed by atoms with E-state index in [9.17, 15) is 19.2 Å². The number of para-hydroxylation sites is 2. The van der Waals surface area contributed by atoms with Crippen LogP contribution < -0.4 is 16.3 Å². The summed E-state index contributed by atoms with van der Waals surface area (Å²) in [5.74, 6) is -0.652. The second-order valence-corrected chi connectivity index (χ2v) is 9.47. The van der Waals surface area contributed by atoms with Crippen LogP contribution in [-0.4, -0.2) is 48.8 Å². The average Bonchev–Trinajstić information content (AvgIpc) is 3.59. The van der Waals surface area contributed by atoms with Gasteiger partial charge in [-0.2, -0.15) is 4.37 Å². The fourth-order valence-electron chi connectivity index (χ4n) is 5.04. The topological polar surface area (TPSA) is 118 Å². The maximum absolute atomic E-state index is 13.2. The van der Waals surface area contributed by atoms with Crippen molar-refractivity contribution in [1.29, 1.82) is 0 Å². The molecule has 4 amide bonds. The monoisotopic (exact) mass is 488 g/mol. The van der Waals surface area contributed by atoms with Gasteiger partial charge in [-0.3, -0.25) is 24.0 Å². The summed E-state index contributed by atoms with van der Waals surface area (Å²) in [7, 11) is 1.62. The van der Waals surface area contributed by atoms with E-state index in [1.54, 1.807) is 35.3 Å². The van der Waals surface area contributed by atoms with Gasteiger partial charge in [-0.05, 0) is 46.9 Å². The number of likely N-dealkylation sites (N-methyl/N-ethyl adjacent to an activating group) is 1. The number of fused-ring (bicyclic) bond motifs is 2. The van der Waals surface area contributed by atoms with Gasteiger partial charge in [-0.1, -0.05) is 18.2 Å². The van der Waals surface area contributed by atoms with Crippen molar-refractivity contribution in [3.63, 3.8) is 0 Å². The molecule has 1 fully saturated rings. The Hall–Kier alpha value is -4.25. The van der Waals surface area contributed by atoms with E-state index in [1.807, 2.05) is 30.3 Å². The molecule has 35 heavy (non-hydrogen) atoms. The van der Waals surface area contributed by atoms with Crippen molar-refractivity contribution >= 4 is 46.1 Å². The summed E-state index contributed by atoms with van der Waals surface area (Å²) >= 11 is 1.25. The Morgan fingerprint density at radius 3 is 2.60 bits per heavy atom. The average molecular weight is 489 g/mol. The van der Waals surface area contributed by atoms with E-state index in [4.69, 9.17) is 0 Å². The lowest BCUT2D eigenvalue weighted by Gasteiger charge is -2.27. The van der Waals surface area contributed by atoms with Gasteiger partial charge in [0.15, 0.2) is 0 Å². The number of carbonyl (C=O) groups is 3. The fraction of sp³-hybridized carbons (Fsp3) is 0.208. The summed E-state index contributed by atoms with van der Waals surface area (Å²) in [5, 5.41) is 7.03. The van der Waals surface area contributed by atoms with Crippen molar-refractivity contribution in [3.05, 3.63) is 75.7 Å². The highest BCUT2D eigenvalue weighted by Gasteiger charge is 2.54. The molecule has 0 bridgehead atoms. The second kappa shape index (κ2) is 7.64. The first-order valence-corrected chi connectivity index (χ1v) is 11.8. The lowest BCUT2D eigenvalue weighted by molar-refractivity contribution is -0.125. The van der Waals surface area contributed by atoms with E-state index in [2.05, 4.69) is 15.0 Å². The molecule has 0 saturated carbocycles. The van der Waals surface area contributed by atoms with Crippen LogP contribution in [0.15, 0.2) is 58.8 Å². The van der Waals surface area contributed by atoms with Gasteiger partial charge in [0.25, 0.3) is 5.91 Å². The molecule has 10 nitrogen and oxygen atoms in total. The molecule has 11 heteroatoms. The zero-order valence-electron chi connectivity index (χ0n) is 18.6. The molecular formula is C24H20N6O4S. The van der Waals surface area contributed by atoms with Crippen LogP contribution in [0.4, 0.5) is 10.5 Å². The lowest BCUT2D eigenvalue weighted by atomic mass is 9.95. The first kappa shape index (κ1) is 21.3. The molecule has 4 aromatic rings. The molecule has 2 aromatic heterocycles. The summed E-state index contributed by atoms with van der Waals surface area (Å²) in [4.78, 5) is 52.1. The zero-order chi connectivity index (χ0) is 24.3. The summed E-state index contributed by atoms with van der Waals surface area (Å²) < 4.78 is 7.07. The van der Waals surface area contributed by atoms with Crippen LogP contribution in [-0.2, 0) is 29.0 Å². The van der Waals surface area contributed by atoms with Crippen LogP contribution in [0.1, 0.15) is 11.1 Å². The molecule has 2 N–H and O–H groups in total. The van der Waals surface area contributed by atoms with Crippen LogP contribution in [0.5, 0.6) is 0 Å². The van der Waals surface area contributed by atoms with Crippen molar-refractivity contribution < 1.29 is 14.4 Å². The van der Waals surface area contributed by atoms with E-state index in [1.165, 1.54) is 21.0 Å². The highest BCUT2D eigenvalue weighted by atomic mass is 32.1. The molecule has 1 atom stereocenters. The molecule has 2 aromatic carbocycles. The summed E-state index contributed by atoms with van der Waals surface area (Å²) in [5.41, 5.74) is 3.18. The van der Waals surface area contributed by atoms with Crippen LogP contribution in [0.2, 0.25) is 0 Å². The van der Waals surface area contributed by atoms with Gasteiger partial charge >= 0.3 is 11.7 Å². The SMILES string of the molecule is CN1C(=O)NC(=O)[C@]12Cc1ccc(NC(=O)Cn3c(=O)n(-c4cnsc4)c4ccccc43)cc1C2. The summed E-state index contributed by atoms with van der Waals surface area (Å²) in [6, 6.07) is 12.4. The number of hydrogen-bond acceptors (Lipinski definition) is 6. The third kappa shape index (κ3) is 3.19. The predicted molar refractivity (Wildman–Crippen MR) is 130 cm³/mol. The van der Waals surface area contributed by atoms with Gasteiger partial charge in [0, 0.05) is 31.0 Å².